The Labute approximate surface area is 203 Å². The average Bonchev–Trinajstić information content (AvgIpc) is 2.86. The molecule has 0 atom stereocenters. The number of aromatic nitrogens is 1. The lowest BCUT2D eigenvalue weighted by Gasteiger charge is -2.26. The van der Waals surface area contributed by atoms with Crippen molar-refractivity contribution >= 4 is 33.2 Å². The lowest BCUT2D eigenvalue weighted by Crippen LogP contribution is -2.41. The third-order valence-corrected chi connectivity index (χ3v) is 6.82. The van der Waals surface area contributed by atoms with Gasteiger partial charge in [-0.25, -0.2) is 8.42 Å². The van der Waals surface area contributed by atoms with Crippen molar-refractivity contribution in [2.24, 2.45) is 0 Å². The van der Waals surface area contributed by atoms with E-state index in [-0.39, 0.29) is 33.6 Å². The van der Waals surface area contributed by atoms with E-state index in [2.05, 4.69) is 10.3 Å². The smallest absolute Gasteiger partial charge is 0.265 e. The fourth-order valence-electron chi connectivity index (χ4n) is 3.14. The average molecular weight is 506 g/mol. The summed E-state index contributed by atoms with van der Waals surface area (Å²) in [6.07, 6.45) is 1.60. The molecule has 9 nitrogen and oxygen atoms in total. The van der Waals surface area contributed by atoms with Crippen molar-refractivity contribution in [1.29, 1.82) is 0 Å². The molecule has 3 aromatic rings. The Morgan fingerprint density at radius 1 is 0.971 bits per heavy atom. The maximum Gasteiger partial charge on any atom is 0.265 e. The molecule has 0 saturated carbocycles. The molecule has 0 aliphatic rings. The summed E-state index contributed by atoms with van der Waals surface area (Å²) in [6, 6.07) is 14.0. The highest BCUT2D eigenvalue weighted by atomic mass is 35.5. The Morgan fingerprint density at radius 3 is 2.32 bits per heavy atom. The predicted molar refractivity (Wildman–Crippen MR) is 128 cm³/mol. The lowest BCUT2D eigenvalue weighted by molar-refractivity contribution is -0.119. The molecule has 0 radical (unpaired) electrons. The van der Waals surface area contributed by atoms with Gasteiger partial charge in [0.1, 0.15) is 12.3 Å². The van der Waals surface area contributed by atoms with E-state index in [1.54, 1.807) is 30.5 Å². The number of hydrogen-bond acceptors (Lipinski definition) is 7. The SMILES string of the molecule is COc1ccc(S(=O)(=O)N(CC(=O)NCc2ccccn2)c2cc(Cl)ccc2OC)cc1OC. The maximum absolute atomic E-state index is 13.7. The minimum atomic E-state index is -4.26. The van der Waals surface area contributed by atoms with Gasteiger partial charge in [-0.15, -0.1) is 0 Å². The zero-order valence-corrected chi connectivity index (χ0v) is 20.4. The molecule has 0 unspecified atom stereocenters. The summed E-state index contributed by atoms with van der Waals surface area (Å²) >= 11 is 6.16. The van der Waals surface area contributed by atoms with Crippen LogP contribution in [0.15, 0.2) is 65.7 Å². The molecule has 0 spiro atoms. The minimum absolute atomic E-state index is 0.107. The van der Waals surface area contributed by atoms with Crippen LogP contribution in [-0.2, 0) is 21.4 Å². The van der Waals surface area contributed by atoms with Crippen LogP contribution in [0.2, 0.25) is 5.02 Å². The summed E-state index contributed by atoms with van der Waals surface area (Å²) in [6.45, 7) is -0.392. The summed E-state index contributed by atoms with van der Waals surface area (Å²) in [5.41, 5.74) is 0.739. The number of hydrogen-bond donors (Lipinski definition) is 1. The number of nitrogens with one attached hydrogen (secondary N) is 1. The number of benzene rings is 2. The predicted octanol–water partition coefficient (Wildman–Crippen LogP) is 3.27. The number of anilines is 1. The molecule has 0 bridgehead atoms. The first-order valence-electron chi connectivity index (χ1n) is 10.0. The van der Waals surface area contributed by atoms with E-state index in [4.69, 9.17) is 25.8 Å². The van der Waals surface area contributed by atoms with Gasteiger partial charge >= 0.3 is 0 Å². The minimum Gasteiger partial charge on any atom is -0.495 e. The molecule has 3 rings (SSSR count). The number of halogens is 1. The normalized spacial score (nSPS) is 10.9. The van der Waals surface area contributed by atoms with Crippen molar-refractivity contribution in [3.8, 4) is 17.2 Å². The largest absolute Gasteiger partial charge is 0.495 e. The Morgan fingerprint density at radius 2 is 1.68 bits per heavy atom. The van der Waals surface area contributed by atoms with E-state index in [0.29, 0.717) is 11.4 Å². The Bertz CT molecular complexity index is 1250. The second-order valence-corrected chi connectivity index (χ2v) is 9.24. The topological polar surface area (TPSA) is 107 Å². The van der Waals surface area contributed by atoms with Crippen LogP contribution >= 0.6 is 11.6 Å². The van der Waals surface area contributed by atoms with Gasteiger partial charge in [-0.2, -0.15) is 0 Å². The van der Waals surface area contributed by atoms with E-state index in [0.717, 1.165) is 4.31 Å². The van der Waals surface area contributed by atoms with Crippen LogP contribution < -0.4 is 23.8 Å². The molecule has 11 heteroatoms. The molecule has 34 heavy (non-hydrogen) atoms. The lowest BCUT2D eigenvalue weighted by atomic mass is 10.3. The highest BCUT2D eigenvalue weighted by Gasteiger charge is 2.30. The van der Waals surface area contributed by atoms with Crippen LogP contribution in [0.1, 0.15) is 5.69 Å². The van der Waals surface area contributed by atoms with Gasteiger partial charge in [0, 0.05) is 17.3 Å². The number of pyridine rings is 1. The summed E-state index contributed by atoms with van der Waals surface area (Å²) in [4.78, 5) is 16.9. The van der Waals surface area contributed by atoms with Crippen LogP contribution in [0, 0.1) is 0 Å². The van der Waals surface area contributed by atoms with Crippen LogP contribution in [0.4, 0.5) is 5.69 Å². The van der Waals surface area contributed by atoms with Gasteiger partial charge in [0.2, 0.25) is 5.91 Å². The molecule has 1 N–H and O–H groups in total. The second-order valence-electron chi connectivity index (χ2n) is 6.94. The number of ether oxygens (including phenoxy) is 3. The zero-order chi connectivity index (χ0) is 24.7. The van der Waals surface area contributed by atoms with E-state index < -0.39 is 22.5 Å². The summed E-state index contributed by atoms with van der Waals surface area (Å²) < 4.78 is 44.2. The maximum atomic E-state index is 13.7. The summed E-state index contributed by atoms with van der Waals surface area (Å²) in [5.74, 6) is 0.269. The van der Waals surface area contributed by atoms with Gasteiger partial charge in [0.25, 0.3) is 10.0 Å². The van der Waals surface area contributed by atoms with Crippen molar-refractivity contribution in [2.75, 3.05) is 32.2 Å². The third kappa shape index (κ3) is 5.70. The Kier molecular flexibility index (Phi) is 8.19. The number of sulfonamides is 1. The molecular formula is C23H24ClN3O6S. The van der Waals surface area contributed by atoms with E-state index in [1.165, 1.54) is 51.7 Å². The molecule has 0 aliphatic carbocycles. The van der Waals surface area contributed by atoms with E-state index in [9.17, 15) is 13.2 Å². The van der Waals surface area contributed by atoms with Gasteiger partial charge in [-0.05, 0) is 42.5 Å². The van der Waals surface area contributed by atoms with Gasteiger partial charge in [0.05, 0.1) is 44.2 Å². The number of amides is 1. The fraction of sp³-hybridized carbons (Fsp3) is 0.217. The molecule has 1 amide bonds. The molecule has 0 aliphatic heterocycles. The first-order valence-corrected chi connectivity index (χ1v) is 11.9. The van der Waals surface area contributed by atoms with Gasteiger partial charge < -0.3 is 19.5 Å². The molecule has 0 fully saturated rings. The first kappa shape index (κ1) is 25.1. The standard InChI is InChI=1S/C23H24ClN3O6S/c1-31-20-9-7-16(24)12-19(20)27(15-23(28)26-14-17-6-4-5-11-25-17)34(29,30)18-8-10-21(32-2)22(13-18)33-3/h4-13H,14-15H2,1-3H3,(H,26,28). The van der Waals surface area contributed by atoms with Crippen molar-refractivity contribution < 1.29 is 27.4 Å². The molecule has 2 aromatic carbocycles. The summed E-state index contributed by atoms with van der Waals surface area (Å²) in [7, 11) is -0.0131. The second kappa shape index (κ2) is 11.1. The fourth-order valence-corrected chi connectivity index (χ4v) is 4.75. The first-order chi connectivity index (χ1) is 16.3. The van der Waals surface area contributed by atoms with Crippen molar-refractivity contribution in [3.05, 3.63) is 71.5 Å². The number of carbonyl (C=O) groups is 1. The van der Waals surface area contributed by atoms with E-state index >= 15 is 0 Å². The summed E-state index contributed by atoms with van der Waals surface area (Å²) in [5, 5.41) is 2.96. The quantitative estimate of drug-likeness (QED) is 0.450. The highest BCUT2D eigenvalue weighted by molar-refractivity contribution is 7.92. The van der Waals surface area contributed by atoms with Crippen LogP contribution in [0.25, 0.3) is 0 Å². The third-order valence-electron chi connectivity index (χ3n) is 4.83. The van der Waals surface area contributed by atoms with Crippen molar-refractivity contribution in [2.45, 2.75) is 11.4 Å². The molecular weight excluding hydrogens is 482 g/mol. The van der Waals surface area contributed by atoms with E-state index in [1.807, 2.05) is 0 Å². The molecule has 180 valence electrons. The van der Waals surface area contributed by atoms with Crippen molar-refractivity contribution in [1.82, 2.24) is 10.3 Å². The number of rotatable bonds is 10. The number of nitrogens with zero attached hydrogens (tertiary/aromatic N) is 2. The monoisotopic (exact) mass is 505 g/mol. The highest BCUT2D eigenvalue weighted by Crippen LogP contribution is 2.36. The van der Waals surface area contributed by atoms with Gasteiger partial charge in [0.15, 0.2) is 11.5 Å². The Hall–Kier alpha value is -3.50. The molecule has 0 saturated heterocycles. The Balaban J connectivity index is 2.01. The van der Waals surface area contributed by atoms with Crippen LogP contribution in [0.3, 0.4) is 0 Å². The van der Waals surface area contributed by atoms with Crippen LogP contribution in [0.5, 0.6) is 17.2 Å². The van der Waals surface area contributed by atoms with Crippen molar-refractivity contribution in [3.63, 3.8) is 0 Å². The van der Waals surface area contributed by atoms with Crippen LogP contribution in [-0.4, -0.2) is 47.2 Å². The zero-order valence-electron chi connectivity index (χ0n) is 18.8. The number of methoxy groups -OCH3 is 3. The molecule has 1 heterocycles. The number of carbonyl (C=O) groups excluding carboxylic acids is 1. The van der Waals surface area contributed by atoms with Gasteiger partial charge in [-0.3, -0.25) is 14.1 Å². The molecule has 1 aromatic heterocycles. The van der Waals surface area contributed by atoms with Gasteiger partial charge in [-0.1, -0.05) is 17.7 Å².